The first-order valence-corrected chi connectivity index (χ1v) is 8.62. The van der Waals surface area contributed by atoms with Crippen molar-refractivity contribution in [2.75, 3.05) is 25.0 Å². The number of hydrogen-bond acceptors (Lipinski definition) is 3. The number of benzene rings is 1. The fourth-order valence-corrected chi connectivity index (χ4v) is 3.29. The van der Waals surface area contributed by atoms with Crippen molar-refractivity contribution in [3.8, 4) is 0 Å². The lowest BCUT2D eigenvalue weighted by Gasteiger charge is -2.27. The van der Waals surface area contributed by atoms with Crippen molar-refractivity contribution in [3.05, 3.63) is 29.3 Å². The number of nitrogens with zero attached hydrogens (tertiary/aromatic N) is 1. The van der Waals surface area contributed by atoms with Crippen molar-refractivity contribution >= 4 is 24.0 Å². The number of amides is 1. The number of nitrogens with one attached hydrogen (secondary N) is 1. The van der Waals surface area contributed by atoms with E-state index in [1.807, 2.05) is 19.9 Å². The van der Waals surface area contributed by atoms with Crippen LogP contribution in [-0.2, 0) is 4.79 Å². The number of nitrogens with two attached hydrogens (primary N) is 1. The summed E-state index contributed by atoms with van der Waals surface area (Å²) >= 11 is 0. The quantitative estimate of drug-likeness (QED) is 0.851. The van der Waals surface area contributed by atoms with E-state index in [1.54, 1.807) is 0 Å². The largest absolute Gasteiger partial charge is 0.330 e. The Bertz CT molecular complexity index is 576. The highest BCUT2D eigenvalue weighted by Crippen LogP contribution is 2.31. The fourth-order valence-electron chi connectivity index (χ4n) is 3.29. The van der Waals surface area contributed by atoms with E-state index in [4.69, 9.17) is 5.73 Å². The van der Waals surface area contributed by atoms with Gasteiger partial charge in [-0.15, -0.1) is 12.4 Å². The summed E-state index contributed by atoms with van der Waals surface area (Å²) in [6.07, 6.45) is 1.06. The number of para-hydroxylation sites is 1. The smallest absolute Gasteiger partial charge is 0.241 e. The van der Waals surface area contributed by atoms with Crippen LogP contribution in [0.5, 0.6) is 0 Å². The van der Waals surface area contributed by atoms with Crippen LogP contribution in [0.1, 0.15) is 51.2 Å². The van der Waals surface area contributed by atoms with Gasteiger partial charge in [0.2, 0.25) is 5.91 Å². The van der Waals surface area contributed by atoms with Gasteiger partial charge >= 0.3 is 0 Å². The minimum atomic E-state index is -0.136. The van der Waals surface area contributed by atoms with Gasteiger partial charge in [0.1, 0.15) is 0 Å². The molecule has 1 amide bonds. The molecule has 4 nitrogen and oxygen atoms in total. The predicted molar refractivity (Wildman–Crippen MR) is 104 cm³/mol. The maximum Gasteiger partial charge on any atom is 0.241 e. The molecule has 2 atom stereocenters. The Hall–Kier alpha value is -1.10. The summed E-state index contributed by atoms with van der Waals surface area (Å²) in [7, 11) is 0. The van der Waals surface area contributed by atoms with E-state index in [2.05, 4.69) is 43.1 Å². The molecule has 1 saturated heterocycles. The molecule has 136 valence electrons. The second kappa shape index (κ2) is 8.32. The third kappa shape index (κ3) is 4.50. The normalized spacial score (nSPS) is 22.3. The molecule has 1 aliphatic rings. The van der Waals surface area contributed by atoms with Crippen LogP contribution in [0, 0.1) is 12.3 Å². The van der Waals surface area contributed by atoms with Gasteiger partial charge in [-0.3, -0.25) is 9.69 Å². The van der Waals surface area contributed by atoms with Gasteiger partial charge in [0.25, 0.3) is 0 Å². The van der Waals surface area contributed by atoms with Gasteiger partial charge in [-0.2, -0.15) is 0 Å². The van der Waals surface area contributed by atoms with E-state index in [9.17, 15) is 4.79 Å². The second-order valence-corrected chi connectivity index (χ2v) is 7.59. The number of aryl methyl sites for hydroxylation is 1. The SMILES string of the molecule is Cc1cccc(C(C)C)c1NC(=O)C(C)N1CCC(C)(CN)C1.Cl. The maximum atomic E-state index is 12.7. The molecule has 1 heterocycles. The molecule has 1 fully saturated rings. The number of likely N-dealkylation sites (tertiary alicyclic amines) is 1. The number of carbonyl (C=O) groups is 1. The minimum Gasteiger partial charge on any atom is -0.330 e. The van der Waals surface area contributed by atoms with Crippen molar-refractivity contribution in [3.63, 3.8) is 0 Å². The van der Waals surface area contributed by atoms with Gasteiger partial charge in [0.05, 0.1) is 6.04 Å². The van der Waals surface area contributed by atoms with E-state index in [0.717, 1.165) is 30.8 Å². The molecule has 24 heavy (non-hydrogen) atoms. The predicted octanol–water partition coefficient (Wildman–Crippen LogP) is 3.54. The van der Waals surface area contributed by atoms with E-state index >= 15 is 0 Å². The summed E-state index contributed by atoms with van der Waals surface area (Å²) in [6.45, 7) is 13.1. The third-order valence-electron chi connectivity index (χ3n) is 5.18. The van der Waals surface area contributed by atoms with Crippen LogP contribution < -0.4 is 11.1 Å². The van der Waals surface area contributed by atoms with Gasteiger partial charge in [-0.05, 0) is 55.8 Å². The van der Waals surface area contributed by atoms with Crippen LogP contribution in [0.3, 0.4) is 0 Å². The molecular formula is C19H32ClN3O. The van der Waals surface area contributed by atoms with Crippen LogP contribution in [-0.4, -0.2) is 36.5 Å². The first-order chi connectivity index (χ1) is 10.8. The number of rotatable bonds is 5. The molecule has 0 aromatic heterocycles. The molecule has 0 aliphatic carbocycles. The number of carbonyl (C=O) groups excluding carboxylic acids is 1. The van der Waals surface area contributed by atoms with Crippen molar-refractivity contribution < 1.29 is 4.79 Å². The monoisotopic (exact) mass is 353 g/mol. The Morgan fingerprint density at radius 1 is 1.38 bits per heavy atom. The Kier molecular flexibility index (Phi) is 7.26. The Morgan fingerprint density at radius 3 is 2.58 bits per heavy atom. The summed E-state index contributed by atoms with van der Waals surface area (Å²) < 4.78 is 0. The molecule has 1 aromatic carbocycles. The van der Waals surface area contributed by atoms with Crippen molar-refractivity contribution in [1.29, 1.82) is 0 Å². The molecule has 0 spiro atoms. The molecular weight excluding hydrogens is 322 g/mol. The highest BCUT2D eigenvalue weighted by molar-refractivity contribution is 5.96. The Balaban J connectivity index is 0.00000288. The molecule has 0 saturated carbocycles. The highest BCUT2D eigenvalue weighted by Gasteiger charge is 2.36. The standard InChI is InChI=1S/C19H31N3O.ClH/c1-13(2)16-8-6-7-14(3)17(16)21-18(23)15(4)22-10-9-19(5,11-20)12-22;/h6-8,13,15H,9-12,20H2,1-5H3,(H,21,23);1H. The van der Waals surface area contributed by atoms with Crippen LogP contribution in [0.2, 0.25) is 0 Å². The van der Waals surface area contributed by atoms with E-state index < -0.39 is 0 Å². The van der Waals surface area contributed by atoms with Crippen LogP contribution >= 0.6 is 12.4 Å². The van der Waals surface area contributed by atoms with Crippen molar-refractivity contribution in [1.82, 2.24) is 4.90 Å². The fraction of sp³-hybridized carbons (Fsp3) is 0.632. The van der Waals surface area contributed by atoms with Gasteiger partial charge in [0.15, 0.2) is 0 Å². The Labute approximate surface area is 152 Å². The molecule has 0 bridgehead atoms. The van der Waals surface area contributed by atoms with E-state index in [-0.39, 0.29) is 29.8 Å². The minimum absolute atomic E-state index is 0. The third-order valence-corrected chi connectivity index (χ3v) is 5.18. The van der Waals surface area contributed by atoms with Crippen LogP contribution in [0.4, 0.5) is 5.69 Å². The summed E-state index contributed by atoms with van der Waals surface area (Å²) in [5.41, 5.74) is 9.30. The first kappa shape index (κ1) is 20.9. The first-order valence-electron chi connectivity index (χ1n) is 8.62. The average Bonchev–Trinajstić information content (AvgIpc) is 2.91. The van der Waals surface area contributed by atoms with Crippen LogP contribution in [0.15, 0.2) is 18.2 Å². The molecule has 2 rings (SSSR count). The zero-order valence-corrected chi connectivity index (χ0v) is 16.4. The van der Waals surface area contributed by atoms with Gasteiger partial charge in [-0.25, -0.2) is 0 Å². The highest BCUT2D eigenvalue weighted by atomic mass is 35.5. The van der Waals surface area contributed by atoms with E-state index in [1.165, 1.54) is 5.56 Å². The summed E-state index contributed by atoms with van der Waals surface area (Å²) in [4.78, 5) is 15.0. The lowest BCUT2D eigenvalue weighted by atomic mass is 9.90. The van der Waals surface area contributed by atoms with Gasteiger partial charge in [0, 0.05) is 12.2 Å². The lowest BCUT2D eigenvalue weighted by Crippen LogP contribution is -2.42. The molecule has 1 aromatic rings. The molecule has 1 aliphatic heterocycles. The van der Waals surface area contributed by atoms with Crippen LogP contribution in [0.25, 0.3) is 0 Å². The van der Waals surface area contributed by atoms with Crippen molar-refractivity contribution in [2.24, 2.45) is 11.1 Å². The molecule has 0 radical (unpaired) electrons. The van der Waals surface area contributed by atoms with Crippen molar-refractivity contribution in [2.45, 2.75) is 53.0 Å². The summed E-state index contributed by atoms with van der Waals surface area (Å²) in [6, 6.07) is 6.06. The van der Waals surface area contributed by atoms with E-state index in [0.29, 0.717) is 12.5 Å². The number of anilines is 1. The van der Waals surface area contributed by atoms with Gasteiger partial charge < -0.3 is 11.1 Å². The second-order valence-electron chi connectivity index (χ2n) is 7.59. The number of hydrogen-bond donors (Lipinski definition) is 2. The molecule has 5 heteroatoms. The summed E-state index contributed by atoms with van der Waals surface area (Å²) in [5, 5.41) is 3.17. The Morgan fingerprint density at radius 2 is 2.04 bits per heavy atom. The number of halogens is 1. The zero-order valence-electron chi connectivity index (χ0n) is 15.6. The zero-order chi connectivity index (χ0) is 17.2. The topological polar surface area (TPSA) is 58.4 Å². The molecule has 3 N–H and O–H groups in total. The molecule has 2 unspecified atom stereocenters. The van der Waals surface area contributed by atoms with Gasteiger partial charge in [-0.1, -0.05) is 39.0 Å². The lowest BCUT2D eigenvalue weighted by molar-refractivity contribution is -0.120. The maximum absolute atomic E-state index is 12.7. The average molecular weight is 354 g/mol. The summed E-state index contributed by atoms with van der Waals surface area (Å²) in [5.74, 6) is 0.454.